The second-order valence-corrected chi connectivity index (χ2v) is 6.00. The SMILES string of the molecule is Cc1cccc(C=C2CCC(=Cc3cccc(C)c3)C2=O)c1. The molecule has 0 atom stereocenters. The summed E-state index contributed by atoms with van der Waals surface area (Å²) in [4.78, 5) is 12.5. The molecule has 0 spiro atoms. The van der Waals surface area contributed by atoms with E-state index in [1.807, 2.05) is 24.3 Å². The summed E-state index contributed by atoms with van der Waals surface area (Å²) in [5.74, 6) is 0.197. The van der Waals surface area contributed by atoms with Crippen LogP contribution >= 0.6 is 0 Å². The summed E-state index contributed by atoms with van der Waals surface area (Å²) >= 11 is 0. The monoisotopic (exact) mass is 288 g/mol. The van der Waals surface area contributed by atoms with Gasteiger partial charge >= 0.3 is 0 Å². The van der Waals surface area contributed by atoms with Crippen LogP contribution in [0, 0.1) is 13.8 Å². The average Bonchev–Trinajstić information content (AvgIpc) is 2.80. The minimum Gasteiger partial charge on any atom is -0.289 e. The van der Waals surface area contributed by atoms with E-state index >= 15 is 0 Å². The highest BCUT2D eigenvalue weighted by molar-refractivity contribution is 6.15. The molecule has 0 saturated heterocycles. The first-order valence-electron chi connectivity index (χ1n) is 7.71. The van der Waals surface area contributed by atoms with E-state index in [4.69, 9.17) is 0 Å². The molecular formula is C21H20O. The summed E-state index contributed by atoms with van der Waals surface area (Å²) < 4.78 is 0. The number of aryl methyl sites for hydroxylation is 2. The molecule has 2 aromatic rings. The number of rotatable bonds is 2. The lowest BCUT2D eigenvalue weighted by Gasteiger charge is -1.99. The largest absolute Gasteiger partial charge is 0.289 e. The van der Waals surface area contributed by atoms with Crippen LogP contribution in [0.5, 0.6) is 0 Å². The van der Waals surface area contributed by atoms with Crippen molar-refractivity contribution in [1.82, 2.24) is 0 Å². The van der Waals surface area contributed by atoms with E-state index in [0.29, 0.717) is 0 Å². The highest BCUT2D eigenvalue weighted by atomic mass is 16.1. The van der Waals surface area contributed by atoms with Crippen LogP contribution in [0.2, 0.25) is 0 Å². The minimum atomic E-state index is 0.197. The van der Waals surface area contributed by atoms with Gasteiger partial charge in [-0.15, -0.1) is 0 Å². The molecule has 1 heteroatoms. The van der Waals surface area contributed by atoms with Crippen LogP contribution in [0.3, 0.4) is 0 Å². The number of ketones is 1. The van der Waals surface area contributed by atoms with E-state index < -0.39 is 0 Å². The molecule has 0 radical (unpaired) electrons. The van der Waals surface area contributed by atoms with Crippen molar-refractivity contribution < 1.29 is 4.79 Å². The van der Waals surface area contributed by atoms with E-state index in [-0.39, 0.29) is 5.78 Å². The van der Waals surface area contributed by atoms with Gasteiger partial charge in [0, 0.05) is 11.1 Å². The molecule has 0 N–H and O–H groups in total. The fourth-order valence-electron chi connectivity index (χ4n) is 2.90. The molecule has 0 amide bonds. The van der Waals surface area contributed by atoms with E-state index in [9.17, 15) is 4.79 Å². The Morgan fingerprint density at radius 3 is 1.64 bits per heavy atom. The minimum absolute atomic E-state index is 0.197. The van der Waals surface area contributed by atoms with Gasteiger partial charge in [-0.05, 0) is 50.0 Å². The Morgan fingerprint density at radius 1 is 0.773 bits per heavy atom. The Labute approximate surface area is 132 Å². The molecule has 110 valence electrons. The van der Waals surface area contributed by atoms with E-state index in [1.165, 1.54) is 11.1 Å². The van der Waals surface area contributed by atoms with Crippen molar-refractivity contribution in [2.75, 3.05) is 0 Å². The average molecular weight is 288 g/mol. The van der Waals surface area contributed by atoms with Crippen LogP contribution in [0.1, 0.15) is 35.1 Å². The molecule has 0 aromatic heterocycles. The van der Waals surface area contributed by atoms with Gasteiger partial charge in [0.1, 0.15) is 0 Å². The smallest absolute Gasteiger partial charge is 0.185 e. The van der Waals surface area contributed by atoms with E-state index in [1.54, 1.807) is 0 Å². The Balaban J connectivity index is 1.86. The fourth-order valence-corrected chi connectivity index (χ4v) is 2.90. The van der Waals surface area contributed by atoms with Crippen LogP contribution < -0.4 is 0 Å². The van der Waals surface area contributed by atoms with Gasteiger partial charge in [0.25, 0.3) is 0 Å². The number of hydrogen-bond acceptors (Lipinski definition) is 1. The third-order valence-corrected chi connectivity index (χ3v) is 4.01. The van der Waals surface area contributed by atoms with E-state index in [0.717, 1.165) is 35.1 Å². The zero-order chi connectivity index (χ0) is 15.5. The first-order valence-corrected chi connectivity index (χ1v) is 7.71. The van der Waals surface area contributed by atoms with Crippen LogP contribution in [-0.4, -0.2) is 5.78 Å². The van der Waals surface area contributed by atoms with Crippen molar-refractivity contribution in [1.29, 1.82) is 0 Å². The normalized spacial score (nSPS) is 18.4. The number of carbonyl (C=O) groups is 1. The third kappa shape index (κ3) is 3.25. The van der Waals surface area contributed by atoms with Gasteiger partial charge in [-0.2, -0.15) is 0 Å². The fraction of sp³-hybridized carbons (Fsp3) is 0.190. The molecule has 2 aromatic carbocycles. The lowest BCUT2D eigenvalue weighted by atomic mass is 10.0. The molecule has 0 heterocycles. The van der Waals surface area contributed by atoms with Crippen LogP contribution in [-0.2, 0) is 4.79 Å². The molecule has 1 aliphatic rings. The Kier molecular flexibility index (Phi) is 4.06. The Hall–Kier alpha value is -2.41. The first kappa shape index (κ1) is 14.5. The van der Waals surface area contributed by atoms with Gasteiger partial charge < -0.3 is 0 Å². The van der Waals surface area contributed by atoms with Crippen molar-refractivity contribution in [3.63, 3.8) is 0 Å². The van der Waals surface area contributed by atoms with Gasteiger partial charge in [-0.3, -0.25) is 4.79 Å². The first-order chi connectivity index (χ1) is 10.6. The molecule has 1 saturated carbocycles. The Bertz CT molecular complexity index is 712. The number of allylic oxidation sites excluding steroid dienone is 2. The molecule has 0 aliphatic heterocycles. The predicted molar refractivity (Wildman–Crippen MR) is 92.6 cm³/mol. The molecule has 0 unspecified atom stereocenters. The van der Waals surface area contributed by atoms with Gasteiger partial charge in [0.15, 0.2) is 5.78 Å². The number of benzene rings is 2. The molecule has 0 bridgehead atoms. The number of Topliss-reactive ketones (excluding diaryl/α,β-unsaturated/α-hetero) is 1. The standard InChI is InChI=1S/C21H20O/c1-15-5-3-7-17(11-15)13-19-9-10-20(21(19)22)14-18-8-4-6-16(2)12-18/h3-8,11-14H,9-10H2,1-2H3. The van der Waals surface area contributed by atoms with Gasteiger partial charge in [-0.25, -0.2) is 0 Å². The summed E-state index contributed by atoms with van der Waals surface area (Å²) in [6.07, 6.45) is 5.74. The maximum atomic E-state index is 12.5. The highest BCUT2D eigenvalue weighted by Crippen LogP contribution is 2.29. The summed E-state index contributed by atoms with van der Waals surface area (Å²) in [6, 6.07) is 16.5. The summed E-state index contributed by atoms with van der Waals surface area (Å²) in [5, 5.41) is 0. The van der Waals surface area contributed by atoms with Crippen molar-refractivity contribution in [2.45, 2.75) is 26.7 Å². The highest BCUT2D eigenvalue weighted by Gasteiger charge is 2.22. The number of hydrogen-bond donors (Lipinski definition) is 0. The molecule has 22 heavy (non-hydrogen) atoms. The third-order valence-electron chi connectivity index (χ3n) is 4.01. The second-order valence-electron chi connectivity index (χ2n) is 6.00. The predicted octanol–water partition coefficient (Wildman–Crippen LogP) is 5.13. The lowest BCUT2D eigenvalue weighted by Crippen LogP contribution is -1.95. The maximum absolute atomic E-state index is 12.5. The number of carbonyl (C=O) groups excluding carboxylic acids is 1. The van der Waals surface area contributed by atoms with Crippen molar-refractivity contribution in [2.24, 2.45) is 0 Å². The van der Waals surface area contributed by atoms with Gasteiger partial charge in [-0.1, -0.05) is 59.7 Å². The zero-order valence-corrected chi connectivity index (χ0v) is 13.1. The van der Waals surface area contributed by atoms with Crippen molar-refractivity contribution in [3.8, 4) is 0 Å². The molecule has 1 aliphatic carbocycles. The maximum Gasteiger partial charge on any atom is 0.185 e. The quantitative estimate of drug-likeness (QED) is 0.700. The summed E-state index contributed by atoms with van der Waals surface area (Å²) in [6.45, 7) is 4.14. The molecule has 1 nitrogen and oxygen atoms in total. The van der Waals surface area contributed by atoms with E-state index in [2.05, 4.69) is 50.2 Å². The zero-order valence-electron chi connectivity index (χ0n) is 13.1. The lowest BCUT2D eigenvalue weighted by molar-refractivity contribution is -0.111. The second kappa shape index (κ2) is 6.15. The van der Waals surface area contributed by atoms with Crippen molar-refractivity contribution in [3.05, 3.63) is 81.9 Å². The van der Waals surface area contributed by atoms with Crippen LogP contribution in [0.15, 0.2) is 59.7 Å². The molecule has 1 fully saturated rings. The summed E-state index contributed by atoms with van der Waals surface area (Å²) in [5.41, 5.74) is 6.50. The van der Waals surface area contributed by atoms with Crippen LogP contribution in [0.4, 0.5) is 0 Å². The van der Waals surface area contributed by atoms with Crippen molar-refractivity contribution >= 4 is 17.9 Å². The summed E-state index contributed by atoms with van der Waals surface area (Å²) in [7, 11) is 0. The van der Waals surface area contributed by atoms with Gasteiger partial charge in [0.05, 0.1) is 0 Å². The Morgan fingerprint density at radius 2 is 1.23 bits per heavy atom. The topological polar surface area (TPSA) is 17.1 Å². The van der Waals surface area contributed by atoms with Crippen LogP contribution in [0.25, 0.3) is 12.2 Å². The van der Waals surface area contributed by atoms with Gasteiger partial charge in [0.2, 0.25) is 0 Å². The molecule has 3 rings (SSSR count). The molecular weight excluding hydrogens is 268 g/mol.